The van der Waals surface area contributed by atoms with Crippen LogP contribution in [0.2, 0.25) is 0 Å². The van der Waals surface area contributed by atoms with Crippen molar-refractivity contribution in [3.05, 3.63) is 182 Å². The number of aromatic amines is 2. The molecule has 8 nitrogen and oxygen atoms in total. The minimum Gasteiger partial charge on any atom is -0.236 e. The number of benzene rings is 6. The Morgan fingerprint density at radius 2 is 0.500 bits per heavy atom. The molecule has 2 N–H and O–H groups in total. The zero-order valence-electron chi connectivity index (χ0n) is 26.6. The summed E-state index contributed by atoms with van der Waals surface area (Å²) in [6, 6.07) is 65.0. The van der Waals surface area contributed by atoms with E-state index in [1.165, 1.54) is 31.8 Å². The van der Waals surface area contributed by atoms with Crippen LogP contribution in [0, 0.1) is 0 Å². The summed E-state index contributed by atoms with van der Waals surface area (Å²) < 4.78 is 0. The van der Waals surface area contributed by atoms with Crippen molar-refractivity contribution in [2.75, 3.05) is 0 Å². The Bertz CT molecular complexity index is 1670. The van der Waals surface area contributed by atoms with Gasteiger partial charge < -0.3 is 0 Å². The van der Waals surface area contributed by atoms with E-state index >= 15 is 0 Å². The molecule has 0 spiro atoms. The normalized spacial score (nSPS) is 10.0. The van der Waals surface area contributed by atoms with Gasteiger partial charge in [0.1, 0.15) is 31.8 Å². The Balaban J connectivity index is 0.000000173. The molecule has 8 aromatic rings. The van der Waals surface area contributed by atoms with Crippen LogP contribution in [0.4, 0.5) is 0 Å². The third-order valence-corrected chi connectivity index (χ3v) is 12.8. The predicted octanol–water partition coefficient (Wildman–Crippen LogP) is 4.73. The number of nitrogens with zero attached hydrogens (tertiary/aromatic N) is 6. The van der Waals surface area contributed by atoms with Crippen LogP contribution >= 0.6 is 15.8 Å². The second-order valence-corrected chi connectivity index (χ2v) is 15.4. The van der Waals surface area contributed by atoms with Crippen LogP contribution in [0.1, 0.15) is 0 Å². The molecule has 0 amide bonds. The van der Waals surface area contributed by atoms with Gasteiger partial charge in [-0.05, 0) is 93.6 Å². The third kappa shape index (κ3) is 10.9. The molecule has 12 heteroatoms. The molecule has 0 unspecified atom stereocenters. The Labute approximate surface area is 325 Å². The van der Waals surface area contributed by atoms with Gasteiger partial charge in [0.25, 0.3) is 0 Å². The summed E-state index contributed by atoms with van der Waals surface area (Å²) in [6.07, 6.45) is 0. The second kappa shape index (κ2) is 21.1. The maximum absolute atomic E-state index is 3.57. The summed E-state index contributed by atoms with van der Waals surface area (Å²) in [5, 5.41) is 34.1. The molecule has 0 fully saturated rings. The number of rotatable bonds is 7. The summed E-state index contributed by atoms with van der Waals surface area (Å²) in [5.41, 5.74) is 0. The van der Waals surface area contributed by atoms with Crippen molar-refractivity contribution < 1.29 is 44.8 Å². The molecule has 6 aromatic carbocycles. The molecule has 0 bridgehead atoms. The molecule has 256 valence electrons. The first-order valence-corrected chi connectivity index (χ1v) is 18.4. The van der Waals surface area contributed by atoms with Crippen LogP contribution in [0.15, 0.2) is 182 Å². The monoisotopic (exact) mass is 1060 g/mol. The molecule has 2 radical (unpaired) electrons. The Kier molecular flexibility index (Phi) is 16.3. The number of aromatic nitrogens is 8. The third-order valence-electron chi connectivity index (χ3n) is 7.29. The van der Waals surface area contributed by atoms with Crippen LogP contribution < -0.4 is 31.8 Å². The SMILES string of the molecule is [Au].[Au].c1ccc([PH+](c2ccccc2)c2ccccc2)cc1.c1ccc([PH+](c2ccccc2)c2ccccc2)cc1.n1n[nH]c(-c2nnn[nH]2)n1. The molecular weight excluding hydrogens is 1020 g/mol. The standard InChI is InChI=1S/2C18H15P.C2H2N8.2Au/c2*1-4-10-16(11-5-1)19(17-12-6-2-7-13-17)18-14-8-3-9-15-18;3-1(4-8-7-3)2-5-9-10-6-2;;/h2*1-15H;(H,3,4,7,8)(H,5,6,9,10);;/p+2. The Morgan fingerprint density at radius 3 is 0.660 bits per heavy atom. The van der Waals surface area contributed by atoms with Crippen molar-refractivity contribution in [3.63, 3.8) is 0 Å². The van der Waals surface area contributed by atoms with Crippen LogP contribution in [0.25, 0.3) is 11.6 Å². The van der Waals surface area contributed by atoms with Crippen LogP contribution in [-0.4, -0.2) is 41.2 Å². The molecule has 8 rings (SSSR count). The van der Waals surface area contributed by atoms with Crippen molar-refractivity contribution in [2.24, 2.45) is 0 Å². The van der Waals surface area contributed by atoms with Gasteiger partial charge in [-0.2, -0.15) is 0 Å². The quantitative estimate of drug-likeness (QED) is 0.177. The second-order valence-electron chi connectivity index (χ2n) is 10.4. The molecule has 0 atom stereocenters. The first-order chi connectivity index (χ1) is 23.9. The van der Waals surface area contributed by atoms with Gasteiger partial charge >= 0.3 is 0 Å². The van der Waals surface area contributed by atoms with E-state index in [0.717, 1.165) is 0 Å². The molecule has 0 aliphatic carbocycles. The fraction of sp³-hybridized carbons (Fsp3) is 0. The van der Waals surface area contributed by atoms with E-state index in [1.807, 2.05) is 0 Å². The zero-order chi connectivity index (χ0) is 32.6. The van der Waals surface area contributed by atoms with Gasteiger partial charge in [0.2, 0.25) is 11.6 Å². The molecule has 0 saturated heterocycles. The number of tetrazole rings is 2. The van der Waals surface area contributed by atoms with Gasteiger partial charge in [-0.1, -0.05) is 109 Å². The van der Waals surface area contributed by atoms with Crippen LogP contribution in [0.3, 0.4) is 0 Å². The van der Waals surface area contributed by atoms with Crippen LogP contribution in [0.5, 0.6) is 0 Å². The van der Waals surface area contributed by atoms with Crippen molar-refractivity contribution in [3.8, 4) is 11.6 Å². The van der Waals surface area contributed by atoms with Crippen molar-refractivity contribution >= 4 is 47.7 Å². The molecule has 0 aliphatic rings. The van der Waals surface area contributed by atoms with E-state index in [-0.39, 0.29) is 44.8 Å². The average molecular weight is 1060 g/mol. The predicted molar refractivity (Wildman–Crippen MR) is 200 cm³/mol. The Morgan fingerprint density at radius 1 is 0.300 bits per heavy atom. The summed E-state index contributed by atoms with van der Waals surface area (Å²) in [7, 11) is -1.75. The van der Waals surface area contributed by atoms with Gasteiger partial charge in [0.15, 0.2) is 0 Å². The van der Waals surface area contributed by atoms with Gasteiger partial charge in [-0.3, -0.25) is 0 Å². The number of hydrogen-bond acceptors (Lipinski definition) is 6. The van der Waals surface area contributed by atoms with Crippen molar-refractivity contribution in [1.29, 1.82) is 0 Å². The summed E-state index contributed by atoms with van der Waals surface area (Å²) >= 11 is 0. The number of hydrogen-bond donors (Lipinski definition) is 2. The average Bonchev–Trinajstić information content (AvgIpc) is 3.91. The molecular formula is C38H34Au2N8P2+2. The van der Waals surface area contributed by atoms with Crippen LogP contribution in [-0.2, 0) is 44.8 Å². The fourth-order valence-electron chi connectivity index (χ4n) is 5.15. The van der Waals surface area contributed by atoms with Crippen molar-refractivity contribution in [1.82, 2.24) is 41.2 Å². The maximum Gasteiger partial charge on any atom is 0.218 e. The van der Waals surface area contributed by atoms with E-state index in [2.05, 4.69) is 223 Å². The number of H-pyrrole nitrogens is 2. The van der Waals surface area contributed by atoms with Gasteiger partial charge in [-0.15, -0.1) is 10.2 Å². The van der Waals surface area contributed by atoms with Crippen molar-refractivity contribution in [2.45, 2.75) is 0 Å². The number of nitrogens with one attached hydrogen (secondary N) is 2. The first kappa shape index (κ1) is 38.6. The van der Waals surface area contributed by atoms with Gasteiger partial charge in [0.05, 0.1) is 15.8 Å². The Hall–Kier alpha value is -4.20. The minimum atomic E-state index is -0.877. The van der Waals surface area contributed by atoms with Gasteiger partial charge in [-0.25, -0.2) is 10.2 Å². The maximum atomic E-state index is 3.57. The zero-order valence-corrected chi connectivity index (χ0v) is 32.9. The van der Waals surface area contributed by atoms with E-state index < -0.39 is 15.8 Å². The molecule has 0 aliphatic heterocycles. The molecule has 2 heterocycles. The summed E-state index contributed by atoms with van der Waals surface area (Å²) in [6.45, 7) is 0. The van der Waals surface area contributed by atoms with E-state index in [4.69, 9.17) is 0 Å². The fourth-order valence-corrected chi connectivity index (χ4v) is 10.3. The summed E-state index contributed by atoms with van der Waals surface area (Å²) in [5.74, 6) is 0.843. The largest absolute Gasteiger partial charge is 0.236 e. The van der Waals surface area contributed by atoms with Gasteiger partial charge in [0, 0.05) is 44.8 Å². The van der Waals surface area contributed by atoms with E-state index in [1.54, 1.807) is 0 Å². The molecule has 50 heavy (non-hydrogen) atoms. The van der Waals surface area contributed by atoms with E-state index in [0.29, 0.717) is 11.6 Å². The van der Waals surface area contributed by atoms with E-state index in [9.17, 15) is 0 Å². The molecule has 2 aromatic heterocycles. The smallest absolute Gasteiger partial charge is 0.218 e. The topological polar surface area (TPSA) is 109 Å². The molecule has 0 saturated carbocycles. The minimum absolute atomic E-state index is 0. The summed E-state index contributed by atoms with van der Waals surface area (Å²) in [4.78, 5) is 0. The first-order valence-electron chi connectivity index (χ1n) is 15.4.